The summed E-state index contributed by atoms with van der Waals surface area (Å²) in [5.41, 5.74) is 2.39. The number of rotatable bonds is 10. The molecular formula is C41H54N6O8S. The molecule has 4 aromatic rings. The maximum atomic E-state index is 14.9. The molecule has 14 nitrogen and oxygen atoms in total. The molecule has 15 heteroatoms. The summed E-state index contributed by atoms with van der Waals surface area (Å²) in [6.07, 6.45) is 1.24. The third kappa shape index (κ3) is 10.6. The minimum atomic E-state index is -1.29. The highest BCUT2D eigenvalue weighted by atomic mass is 32.2. The Morgan fingerprint density at radius 2 is 1.71 bits per heavy atom. The van der Waals surface area contributed by atoms with Crippen LogP contribution in [0, 0.1) is 11.8 Å². The molecule has 3 heterocycles. The molecular weight excluding hydrogens is 737 g/mol. The zero-order valence-electron chi connectivity index (χ0n) is 33.0. The molecule has 1 saturated heterocycles. The van der Waals surface area contributed by atoms with Gasteiger partial charge in [-0.1, -0.05) is 43.8 Å². The second-order valence-electron chi connectivity index (χ2n) is 14.1. The van der Waals surface area contributed by atoms with Crippen LogP contribution in [0.4, 0.5) is 0 Å². The van der Waals surface area contributed by atoms with Gasteiger partial charge in [-0.15, -0.1) is 10.2 Å². The molecule has 2 N–H and O–H groups in total. The number of hydrogen-bond donors (Lipinski definition) is 2. The number of carbonyl (C=O) groups excluding carboxylic acids is 2. The quantitative estimate of drug-likeness (QED) is 0.214. The van der Waals surface area contributed by atoms with Crippen LogP contribution in [0.2, 0.25) is 0 Å². The lowest BCUT2D eigenvalue weighted by atomic mass is 9.82. The normalized spacial score (nSPS) is 21.6. The predicted molar refractivity (Wildman–Crippen MR) is 213 cm³/mol. The number of amides is 2. The lowest BCUT2D eigenvalue weighted by molar-refractivity contribution is -0.139. The van der Waals surface area contributed by atoms with Gasteiger partial charge in [0.15, 0.2) is 11.0 Å². The summed E-state index contributed by atoms with van der Waals surface area (Å²) < 4.78 is 24.5. The summed E-state index contributed by atoms with van der Waals surface area (Å²) in [4.78, 5) is 36.0. The third-order valence-electron chi connectivity index (χ3n) is 10.1. The van der Waals surface area contributed by atoms with Gasteiger partial charge in [0.25, 0.3) is 0 Å². The summed E-state index contributed by atoms with van der Waals surface area (Å²) in [6, 6.07) is 18.5. The molecule has 2 aromatic carbocycles. The highest BCUT2D eigenvalue weighted by molar-refractivity contribution is 7.99. The second-order valence-corrected chi connectivity index (χ2v) is 15.1. The van der Waals surface area contributed by atoms with E-state index >= 15 is 0 Å². The fourth-order valence-corrected chi connectivity index (χ4v) is 7.81. The van der Waals surface area contributed by atoms with Crippen molar-refractivity contribution in [1.29, 1.82) is 0 Å². The van der Waals surface area contributed by atoms with Crippen LogP contribution in [0.3, 0.4) is 0 Å². The zero-order chi connectivity index (χ0) is 40.2. The van der Waals surface area contributed by atoms with Crippen LogP contribution in [0.1, 0.15) is 45.2 Å². The number of carbonyl (C=O) groups is 2. The van der Waals surface area contributed by atoms with E-state index in [4.69, 9.17) is 18.9 Å². The van der Waals surface area contributed by atoms with Crippen molar-refractivity contribution in [2.75, 3.05) is 59.9 Å². The van der Waals surface area contributed by atoms with Crippen LogP contribution in [0.15, 0.2) is 78.2 Å². The van der Waals surface area contributed by atoms with Crippen molar-refractivity contribution >= 4 is 23.6 Å². The molecule has 1 aliphatic rings. The Kier molecular flexibility index (Phi) is 15.7. The first kappa shape index (κ1) is 42.6. The van der Waals surface area contributed by atoms with Gasteiger partial charge in [-0.3, -0.25) is 19.1 Å². The molecule has 2 amide bonds. The van der Waals surface area contributed by atoms with Gasteiger partial charge in [0.1, 0.15) is 29.8 Å². The van der Waals surface area contributed by atoms with Crippen LogP contribution in [0.5, 0.6) is 11.5 Å². The lowest BCUT2D eigenvalue weighted by Gasteiger charge is -2.42. The largest absolute Gasteiger partial charge is 0.497 e. The number of methoxy groups -OCH3 is 3. The minimum Gasteiger partial charge on any atom is -0.497 e. The summed E-state index contributed by atoms with van der Waals surface area (Å²) in [5.74, 6) is 1.28. The molecule has 0 spiro atoms. The molecule has 56 heavy (non-hydrogen) atoms. The minimum absolute atomic E-state index is 0.00951. The van der Waals surface area contributed by atoms with E-state index < -0.39 is 24.4 Å². The van der Waals surface area contributed by atoms with Crippen LogP contribution < -0.4 is 9.47 Å². The number of thioether (sulfide) groups is 1. The number of nitrogens with zero attached hydrogens (tertiary/aromatic N) is 6. The molecule has 2 aromatic heterocycles. The second kappa shape index (κ2) is 20.6. The summed E-state index contributed by atoms with van der Waals surface area (Å²) in [5, 5.41) is 31.4. The first-order valence-electron chi connectivity index (χ1n) is 18.8. The first-order chi connectivity index (χ1) is 27.1. The monoisotopic (exact) mass is 790 g/mol. The lowest BCUT2D eigenvalue weighted by Crippen LogP contribution is -2.51. The topological polar surface area (TPSA) is 162 Å². The molecule has 1 aliphatic heterocycles. The van der Waals surface area contributed by atoms with Crippen molar-refractivity contribution in [3.8, 4) is 28.6 Å². The number of aliphatic hydroxyl groups is 2. The smallest absolute Gasteiger partial charge is 0.233 e. The Balaban J connectivity index is 1.56. The number of ether oxygens (including phenoxy) is 4. The van der Waals surface area contributed by atoms with Gasteiger partial charge in [-0.2, -0.15) is 0 Å². The van der Waals surface area contributed by atoms with Gasteiger partial charge in [-0.05, 0) is 60.7 Å². The van der Waals surface area contributed by atoms with E-state index in [1.807, 2.05) is 70.1 Å². The fraction of sp³-hybridized carbons (Fsp3) is 0.488. The molecule has 0 aliphatic carbocycles. The number of pyridine rings is 1. The molecule has 5 atom stereocenters. The summed E-state index contributed by atoms with van der Waals surface area (Å²) in [6.45, 7) is 6.53. The number of aliphatic hydroxyl groups excluding tert-OH is 2. The van der Waals surface area contributed by atoms with Gasteiger partial charge in [0, 0.05) is 70.2 Å². The average Bonchev–Trinajstić information content (AvgIpc) is 3.64. The average molecular weight is 791 g/mol. The molecule has 302 valence electrons. The Bertz CT molecular complexity index is 1860. The summed E-state index contributed by atoms with van der Waals surface area (Å²) in [7, 11) is 4.66. The Morgan fingerprint density at radius 3 is 2.39 bits per heavy atom. The van der Waals surface area contributed by atoms with Crippen molar-refractivity contribution in [3.63, 3.8) is 0 Å². The zero-order valence-corrected chi connectivity index (χ0v) is 33.8. The number of aromatic nitrogens is 4. The van der Waals surface area contributed by atoms with E-state index in [0.29, 0.717) is 48.5 Å². The molecule has 0 bridgehead atoms. The fourth-order valence-electron chi connectivity index (χ4n) is 6.98. The Hall–Kier alpha value is -4.54. The van der Waals surface area contributed by atoms with Gasteiger partial charge in [0.05, 0.1) is 38.3 Å². The molecule has 1 fully saturated rings. The van der Waals surface area contributed by atoms with E-state index in [1.54, 1.807) is 31.5 Å². The van der Waals surface area contributed by atoms with Crippen molar-refractivity contribution < 1.29 is 38.7 Å². The Morgan fingerprint density at radius 1 is 0.964 bits per heavy atom. The predicted octanol–water partition coefficient (Wildman–Crippen LogP) is 4.68. The van der Waals surface area contributed by atoms with E-state index in [9.17, 15) is 19.8 Å². The standard InChI is InChI=1S/C41H54N6O8S/c1-27(2)34-23-45(28(3)48)24-36(54-6)39(51)35(49)25-55-19-8-7-18-46(38(34)29-12-9-15-32(20-29)52-4)37(50)26-56-41-44-43-40(30-13-11-17-42-22-30)47(41)31-14-10-16-33(21-31)53-5/h9-17,20-22,27,34-36,38-39,49,51H,7-8,18-19,23-26H2,1-6H3/t34-,35+,36+,38-,39+/m1/s1. The van der Waals surface area contributed by atoms with Gasteiger partial charge >= 0.3 is 0 Å². The Labute approximate surface area is 333 Å². The van der Waals surface area contributed by atoms with Crippen molar-refractivity contribution in [1.82, 2.24) is 29.5 Å². The highest BCUT2D eigenvalue weighted by Gasteiger charge is 2.38. The van der Waals surface area contributed by atoms with Crippen LogP contribution >= 0.6 is 11.8 Å². The highest BCUT2D eigenvalue weighted by Crippen LogP contribution is 2.38. The van der Waals surface area contributed by atoms with E-state index in [0.717, 1.165) is 16.8 Å². The van der Waals surface area contributed by atoms with Crippen molar-refractivity contribution in [2.24, 2.45) is 11.8 Å². The van der Waals surface area contributed by atoms with Crippen LogP contribution in [-0.4, -0.2) is 130 Å². The van der Waals surface area contributed by atoms with E-state index in [-0.39, 0.29) is 49.1 Å². The third-order valence-corrected chi connectivity index (χ3v) is 11.0. The van der Waals surface area contributed by atoms with Crippen LogP contribution in [0.25, 0.3) is 17.1 Å². The van der Waals surface area contributed by atoms with E-state index in [1.165, 1.54) is 25.8 Å². The van der Waals surface area contributed by atoms with Gasteiger partial charge < -0.3 is 39.0 Å². The van der Waals surface area contributed by atoms with Crippen molar-refractivity contribution in [3.05, 3.63) is 78.6 Å². The molecule has 0 unspecified atom stereocenters. The number of benzene rings is 2. The molecule has 0 radical (unpaired) electrons. The SMILES string of the molecule is COc1cccc([C@@H]2[C@@H](C(C)C)CN(C(C)=O)C[C@H](OC)[C@@H](O)[C@@H](O)COCCCCN2C(=O)CSc2nnc(-c3cccnc3)n2-c2cccc(OC)c2)c1. The summed E-state index contributed by atoms with van der Waals surface area (Å²) >= 11 is 1.28. The first-order valence-corrected chi connectivity index (χ1v) is 19.8. The maximum Gasteiger partial charge on any atom is 0.233 e. The number of hydrogen-bond acceptors (Lipinski definition) is 12. The van der Waals surface area contributed by atoms with Crippen molar-refractivity contribution in [2.45, 2.75) is 63.1 Å². The van der Waals surface area contributed by atoms with Gasteiger partial charge in [0.2, 0.25) is 11.8 Å². The maximum absolute atomic E-state index is 14.9. The van der Waals surface area contributed by atoms with E-state index in [2.05, 4.69) is 29.0 Å². The van der Waals surface area contributed by atoms with Gasteiger partial charge in [-0.25, -0.2) is 0 Å². The molecule has 5 rings (SSSR count). The molecule has 0 saturated carbocycles. The van der Waals surface area contributed by atoms with Crippen LogP contribution in [-0.2, 0) is 19.1 Å².